The van der Waals surface area contributed by atoms with Gasteiger partial charge in [-0.25, -0.2) is 0 Å². The first-order valence-electron chi connectivity index (χ1n) is 5.94. The molecule has 0 spiro atoms. The van der Waals surface area contributed by atoms with Crippen molar-refractivity contribution in [3.63, 3.8) is 0 Å². The van der Waals surface area contributed by atoms with Crippen LogP contribution < -0.4 is 4.74 Å². The van der Waals surface area contributed by atoms with Gasteiger partial charge in [0.1, 0.15) is 5.75 Å². The summed E-state index contributed by atoms with van der Waals surface area (Å²) in [5, 5.41) is 2.41. The van der Waals surface area contributed by atoms with Gasteiger partial charge in [-0.3, -0.25) is 0 Å². The molecule has 0 aromatic heterocycles. The molecule has 2 aromatic carbocycles. The predicted octanol–water partition coefficient (Wildman–Crippen LogP) is 3.95. The van der Waals surface area contributed by atoms with E-state index in [1.54, 1.807) is 7.11 Å². The van der Waals surface area contributed by atoms with Crippen LogP contribution in [0.4, 0.5) is 0 Å². The Hall–Kier alpha value is -1.54. The molecular formula is C15H18O2. The highest BCUT2D eigenvalue weighted by Crippen LogP contribution is 2.25. The molecule has 0 aliphatic heterocycles. The molecule has 0 fully saturated rings. The van der Waals surface area contributed by atoms with Gasteiger partial charge in [0.05, 0.1) is 13.2 Å². The van der Waals surface area contributed by atoms with Crippen molar-refractivity contribution in [2.45, 2.75) is 20.0 Å². The van der Waals surface area contributed by atoms with E-state index in [0.717, 1.165) is 12.4 Å². The fourth-order valence-corrected chi connectivity index (χ4v) is 1.97. The first-order valence-corrected chi connectivity index (χ1v) is 5.94. The van der Waals surface area contributed by atoms with Gasteiger partial charge in [-0.05, 0) is 48.4 Å². The van der Waals surface area contributed by atoms with Gasteiger partial charge >= 0.3 is 0 Å². The lowest BCUT2D eigenvalue weighted by atomic mass is 10.0. The minimum Gasteiger partial charge on any atom is -0.497 e. The van der Waals surface area contributed by atoms with E-state index in [1.807, 2.05) is 19.1 Å². The van der Waals surface area contributed by atoms with Crippen LogP contribution in [0, 0.1) is 0 Å². The van der Waals surface area contributed by atoms with Gasteiger partial charge in [-0.1, -0.05) is 18.2 Å². The second-order valence-corrected chi connectivity index (χ2v) is 4.07. The summed E-state index contributed by atoms with van der Waals surface area (Å²) in [6, 6.07) is 12.5. The SMILES string of the molecule is CCOC(C)c1ccc2cc(OC)ccc2c1. The van der Waals surface area contributed by atoms with Crippen LogP contribution in [0.5, 0.6) is 5.75 Å². The van der Waals surface area contributed by atoms with Gasteiger partial charge in [0, 0.05) is 6.61 Å². The lowest BCUT2D eigenvalue weighted by Gasteiger charge is -2.13. The largest absolute Gasteiger partial charge is 0.497 e. The Balaban J connectivity index is 2.37. The summed E-state index contributed by atoms with van der Waals surface area (Å²) in [4.78, 5) is 0. The fourth-order valence-electron chi connectivity index (χ4n) is 1.97. The molecule has 2 nitrogen and oxygen atoms in total. The van der Waals surface area contributed by atoms with E-state index in [4.69, 9.17) is 9.47 Å². The normalized spacial score (nSPS) is 12.6. The zero-order valence-corrected chi connectivity index (χ0v) is 10.6. The Morgan fingerprint density at radius 3 is 2.47 bits per heavy atom. The summed E-state index contributed by atoms with van der Waals surface area (Å²) in [6.07, 6.45) is 0.145. The molecule has 2 aromatic rings. The highest BCUT2D eigenvalue weighted by atomic mass is 16.5. The van der Waals surface area contributed by atoms with Gasteiger partial charge in [0.25, 0.3) is 0 Å². The van der Waals surface area contributed by atoms with Crippen LogP contribution in [0.2, 0.25) is 0 Å². The Morgan fingerprint density at radius 2 is 1.76 bits per heavy atom. The van der Waals surface area contributed by atoms with Crippen molar-refractivity contribution < 1.29 is 9.47 Å². The molecule has 1 atom stereocenters. The predicted molar refractivity (Wildman–Crippen MR) is 70.5 cm³/mol. The molecular weight excluding hydrogens is 212 g/mol. The molecule has 0 N–H and O–H groups in total. The molecule has 0 heterocycles. The highest BCUT2D eigenvalue weighted by Gasteiger charge is 2.05. The number of methoxy groups -OCH3 is 1. The van der Waals surface area contributed by atoms with Crippen molar-refractivity contribution >= 4 is 10.8 Å². The molecule has 90 valence electrons. The topological polar surface area (TPSA) is 18.5 Å². The summed E-state index contributed by atoms with van der Waals surface area (Å²) >= 11 is 0. The number of rotatable bonds is 4. The first kappa shape index (κ1) is 11.9. The minimum absolute atomic E-state index is 0.145. The average Bonchev–Trinajstić information content (AvgIpc) is 2.37. The zero-order valence-electron chi connectivity index (χ0n) is 10.6. The monoisotopic (exact) mass is 230 g/mol. The van der Waals surface area contributed by atoms with E-state index in [9.17, 15) is 0 Å². The fraction of sp³-hybridized carbons (Fsp3) is 0.333. The van der Waals surface area contributed by atoms with Gasteiger partial charge in [-0.15, -0.1) is 0 Å². The van der Waals surface area contributed by atoms with E-state index in [1.165, 1.54) is 16.3 Å². The molecule has 0 bridgehead atoms. The summed E-state index contributed by atoms with van der Waals surface area (Å²) < 4.78 is 10.8. The van der Waals surface area contributed by atoms with Crippen molar-refractivity contribution in [3.8, 4) is 5.75 Å². The highest BCUT2D eigenvalue weighted by molar-refractivity contribution is 5.84. The number of fused-ring (bicyclic) bond motifs is 1. The smallest absolute Gasteiger partial charge is 0.119 e. The van der Waals surface area contributed by atoms with E-state index < -0.39 is 0 Å². The van der Waals surface area contributed by atoms with Crippen molar-refractivity contribution in [3.05, 3.63) is 42.0 Å². The van der Waals surface area contributed by atoms with E-state index in [-0.39, 0.29) is 6.10 Å². The summed E-state index contributed by atoms with van der Waals surface area (Å²) in [6.45, 7) is 4.83. The summed E-state index contributed by atoms with van der Waals surface area (Å²) in [5.74, 6) is 0.892. The second-order valence-electron chi connectivity index (χ2n) is 4.07. The van der Waals surface area contributed by atoms with Crippen LogP contribution in [0.3, 0.4) is 0 Å². The van der Waals surface area contributed by atoms with E-state index >= 15 is 0 Å². The first-order chi connectivity index (χ1) is 8.24. The number of benzene rings is 2. The van der Waals surface area contributed by atoms with Gasteiger partial charge in [-0.2, -0.15) is 0 Å². The van der Waals surface area contributed by atoms with Crippen LogP contribution in [0.25, 0.3) is 10.8 Å². The van der Waals surface area contributed by atoms with Crippen molar-refractivity contribution in [2.75, 3.05) is 13.7 Å². The molecule has 1 unspecified atom stereocenters. The maximum atomic E-state index is 5.60. The molecule has 0 aliphatic carbocycles. The molecule has 0 radical (unpaired) electrons. The minimum atomic E-state index is 0.145. The Labute approximate surface area is 102 Å². The molecule has 17 heavy (non-hydrogen) atoms. The second kappa shape index (κ2) is 5.19. The zero-order chi connectivity index (χ0) is 12.3. The van der Waals surface area contributed by atoms with Crippen LogP contribution >= 0.6 is 0 Å². The summed E-state index contributed by atoms with van der Waals surface area (Å²) in [5.41, 5.74) is 1.21. The van der Waals surface area contributed by atoms with E-state index in [0.29, 0.717) is 0 Å². The Bertz CT molecular complexity index is 505. The molecule has 0 saturated heterocycles. The molecule has 0 amide bonds. The van der Waals surface area contributed by atoms with Crippen LogP contribution in [-0.4, -0.2) is 13.7 Å². The maximum absolute atomic E-state index is 5.60. The lowest BCUT2D eigenvalue weighted by Crippen LogP contribution is -1.99. The third-order valence-electron chi connectivity index (χ3n) is 2.96. The molecule has 2 heteroatoms. The molecule has 0 aliphatic rings. The van der Waals surface area contributed by atoms with Crippen LogP contribution in [-0.2, 0) is 4.74 Å². The van der Waals surface area contributed by atoms with Gasteiger partial charge in [0.2, 0.25) is 0 Å². The maximum Gasteiger partial charge on any atom is 0.119 e. The van der Waals surface area contributed by atoms with E-state index in [2.05, 4.69) is 31.2 Å². The number of ether oxygens (including phenoxy) is 2. The Kier molecular flexibility index (Phi) is 3.64. The molecule has 2 rings (SSSR count). The summed E-state index contributed by atoms with van der Waals surface area (Å²) in [7, 11) is 1.69. The van der Waals surface area contributed by atoms with Crippen LogP contribution in [0.1, 0.15) is 25.5 Å². The quantitative estimate of drug-likeness (QED) is 0.791. The van der Waals surface area contributed by atoms with Gasteiger partial charge in [0.15, 0.2) is 0 Å². The molecule has 0 saturated carbocycles. The van der Waals surface area contributed by atoms with Gasteiger partial charge < -0.3 is 9.47 Å². The van der Waals surface area contributed by atoms with Crippen molar-refractivity contribution in [1.82, 2.24) is 0 Å². The van der Waals surface area contributed by atoms with Crippen LogP contribution in [0.15, 0.2) is 36.4 Å². The third-order valence-corrected chi connectivity index (χ3v) is 2.96. The average molecular weight is 230 g/mol. The van der Waals surface area contributed by atoms with Crippen molar-refractivity contribution in [1.29, 1.82) is 0 Å². The Morgan fingerprint density at radius 1 is 1.06 bits per heavy atom. The number of hydrogen-bond donors (Lipinski definition) is 0. The van der Waals surface area contributed by atoms with Crippen molar-refractivity contribution in [2.24, 2.45) is 0 Å². The standard InChI is InChI=1S/C15H18O2/c1-4-17-11(2)12-5-6-14-10-15(16-3)8-7-13(14)9-12/h5-11H,4H2,1-3H3. The third kappa shape index (κ3) is 2.59. The number of hydrogen-bond acceptors (Lipinski definition) is 2. The lowest BCUT2D eigenvalue weighted by molar-refractivity contribution is 0.0765.